The molecule has 2 aliphatic heterocycles. The second-order valence-corrected chi connectivity index (χ2v) is 6.73. The molecule has 0 amide bonds. The molecule has 2 heterocycles. The maximum atomic E-state index is 5.76. The molecular formula is C13H16BrNO2S. The Kier molecular flexibility index (Phi) is 4.26. The molecule has 3 rings (SSSR count). The number of halogens is 1. The Morgan fingerprint density at radius 2 is 2.22 bits per heavy atom. The van der Waals surface area contributed by atoms with Gasteiger partial charge in [-0.25, -0.2) is 0 Å². The molecule has 98 valence electrons. The summed E-state index contributed by atoms with van der Waals surface area (Å²) in [6, 6.07) is 6.53. The highest BCUT2D eigenvalue weighted by molar-refractivity contribution is 9.10. The second-order valence-electron chi connectivity index (χ2n) is 4.53. The molecule has 0 saturated carbocycles. The van der Waals surface area contributed by atoms with Crippen molar-refractivity contribution in [1.82, 2.24) is 5.32 Å². The highest BCUT2D eigenvalue weighted by atomic mass is 79.9. The van der Waals surface area contributed by atoms with Gasteiger partial charge in [0.1, 0.15) is 0 Å². The standard InChI is InChI=1S/C13H16BrNO2S/c14-11-5-9(12-6-15-3-4-17-12)1-2-13(11)18-10-7-16-8-10/h1-2,5,10,12,15H,3-4,6-8H2. The average molecular weight is 330 g/mol. The van der Waals surface area contributed by atoms with E-state index in [-0.39, 0.29) is 6.10 Å². The number of nitrogens with one attached hydrogen (secondary N) is 1. The summed E-state index contributed by atoms with van der Waals surface area (Å²) in [6.07, 6.45) is 0.182. The van der Waals surface area contributed by atoms with Crippen LogP contribution in [0.3, 0.4) is 0 Å². The van der Waals surface area contributed by atoms with Crippen LogP contribution in [0.15, 0.2) is 27.6 Å². The molecule has 0 spiro atoms. The number of thioether (sulfide) groups is 1. The van der Waals surface area contributed by atoms with Crippen LogP contribution in [0.5, 0.6) is 0 Å². The summed E-state index contributed by atoms with van der Waals surface area (Å²) in [5.41, 5.74) is 1.24. The molecule has 0 aliphatic carbocycles. The normalized spacial score (nSPS) is 24.8. The van der Waals surface area contributed by atoms with Crippen molar-refractivity contribution in [2.45, 2.75) is 16.2 Å². The van der Waals surface area contributed by atoms with Gasteiger partial charge in [0, 0.05) is 22.5 Å². The molecule has 0 aromatic heterocycles. The van der Waals surface area contributed by atoms with Crippen LogP contribution < -0.4 is 5.32 Å². The van der Waals surface area contributed by atoms with Gasteiger partial charge in [-0.3, -0.25) is 0 Å². The van der Waals surface area contributed by atoms with Crippen LogP contribution in [0.4, 0.5) is 0 Å². The monoisotopic (exact) mass is 329 g/mol. The van der Waals surface area contributed by atoms with Gasteiger partial charge in [0.05, 0.1) is 31.2 Å². The van der Waals surface area contributed by atoms with E-state index in [9.17, 15) is 0 Å². The molecule has 1 atom stereocenters. The molecule has 0 bridgehead atoms. The van der Waals surface area contributed by atoms with Crippen LogP contribution in [0.2, 0.25) is 0 Å². The van der Waals surface area contributed by atoms with Gasteiger partial charge in [0.25, 0.3) is 0 Å². The summed E-state index contributed by atoms with van der Waals surface area (Å²) < 4.78 is 12.1. The molecular weight excluding hydrogens is 314 g/mol. The first kappa shape index (κ1) is 12.9. The molecule has 1 unspecified atom stereocenters. The third-order valence-electron chi connectivity index (χ3n) is 3.16. The summed E-state index contributed by atoms with van der Waals surface area (Å²) in [5.74, 6) is 0. The third-order valence-corrected chi connectivity index (χ3v) is 5.29. The third kappa shape index (κ3) is 2.91. The van der Waals surface area contributed by atoms with Crippen molar-refractivity contribution in [3.8, 4) is 0 Å². The Morgan fingerprint density at radius 3 is 2.83 bits per heavy atom. The van der Waals surface area contributed by atoms with E-state index in [0.717, 1.165) is 37.4 Å². The second kappa shape index (κ2) is 5.92. The predicted molar refractivity (Wildman–Crippen MR) is 76.2 cm³/mol. The number of ether oxygens (including phenoxy) is 2. The van der Waals surface area contributed by atoms with Gasteiger partial charge in [-0.2, -0.15) is 0 Å². The summed E-state index contributed by atoms with van der Waals surface area (Å²) in [6.45, 7) is 4.38. The van der Waals surface area contributed by atoms with E-state index in [2.05, 4.69) is 39.4 Å². The minimum Gasteiger partial charge on any atom is -0.379 e. The lowest BCUT2D eigenvalue weighted by Crippen LogP contribution is -2.33. The van der Waals surface area contributed by atoms with E-state index in [0.29, 0.717) is 5.25 Å². The molecule has 5 heteroatoms. The van der Waals surface area contributed by atoms with Crippen molar-refractivity contribution in [2.24, 2.45) is 0 Å². The highest BCUT2D eigenvalue weighted by Gasteiger charge is 2.21. The van der Waals surface area contributed by atoms with Gasteiger partial charge < -0.3 is 14.8 Å². The lowest BCUT2D eigenvalue weighted by Gasteiger charge is -2.27. The number of hydrogen-bond donors (Lipinski definition) is 1. The highest BCUT2D eigenvalue weighted by Crippen LogP contribution is 2.35. The molecule has 0 radical (unpaired) electrons. The summed E-state index contributed by atoms with van der Waals surface area (Å²) in [7, 11) is 0. The van der Waals surface area contributed by atoms with Crippen molar-refractivity contribution >= 4 is 27.7 Å². The SMILES string of the molecule is Brc1cc(C2CNCCO2)ccc1SC1COC1. The Bertz CT molecular complexity index is 419. The van der Waals surface area contributed by atoms with Crippen LogP contribution >= 0.6 is 27.7 Å². The number of rotatable bonds is 3. The largest absolute Gasteiger partial charge is 0.379 e. The topological polar surface area (TPSA) is 30.5 Å². The first-order valence-electron chi connectivity index (χ1n) is 6.19. The van der Waals surface area contributed by atoms with Crippen LogP contribution in [-0.4, -0.2) is 38.2 Å². The first-order valence-corrected chi connectivity index (χ1v) is 7.86. The van der Waals surface area contributed by atoms with Crippen LogP contribution in [0, 0.1) is 0 Å². The van der Waals surface area contributed by atoms with Gasteiger partial charge >= 0.3 is 0 Å². The Morgan fingerprint density at radius 1 is 1.33 bits per heavy atom. The van der Waals surface area contributed by atoms with E-state index in [1.807, 2.05) is 11.8 Å². The van der Waals surface area contributed by atoms with Crippen LogP contribution in [-0.2, 0) is 9.47 Å². The van der Waals surface area contributed by atoms with Crippen molar-refractivity contribution in [3.63, 3.8) is 0 Å². The Hall–Kier alpha value is -0.0700. The van der Waals surface area contributed by atoms with E-state index in [4.69, 9.17) is 9.47 Å². The van der Waals surface area contributed by atoms with Gasteiger partial charge in [-0.05, 0) is 33.6 Å². The molecule has 1 aromatic carbocycles. The quantitative estimate of drug-likeness (QED) is 0.923. The van der Waals surface area contributed by atoms with Crippen molar-refractivity contribution in [3.05, 3.63) is 28.2 Å². The minimum atomic E-state index is 0.182. The summed E-state index contributed by atoms with van der Waals surface area (Å²) >= 11 is 5.54. The predicted octanol–water partition coefficient (Wildman–Crippen LogP) is 2.60. The zero-order valence-electron chi connectivity index (χ0n) is 10.0. The molecule has 1 N–H and O–H groups in total. The summed E-state index contributed by atoms with van der Waals surface area (Å²) in [5, 5.41) is 3.97. The average Bonchev–Trinajstić information content (AvgIpc) is 2.36. The van der Waals surface area contributed by atoms with Gasteiger partial charge in [-0.15, -0.1) is 11.8 Å². The van der Waals surface area contributed by atoms with Gasteiger partial charge in [0.2, 0.25) is 0 Å². The number of hydrogen-bond acceptors (Lipinski definition) is 4. The molecule has 2 fully saturated rings. The zero-order valence-corrected chi connectivity index (χ0v) is 12.4. The van der Waals surface area contributed by atoms with Crippen LogP contribution in [0.1, 0.15) is 11.7 Å². The van der Waals surface area contributed by atoms with Gasteiger partial charge in [0.15, 0.2) is 0 Å². The van der Waals surface area contributed by atoms with E-state index < -0.39 is 0 Å². The van der Waals surface area contributed by atoms with E-state index in [1.54, 1.807) is 0 Å². The molecule has 3 nitrogen and oxygen atoms in total. The molecule has 2 saturated heterocycles. The molecule has 1 aromatic rings. The molecule has 2 aliphatic rings. The Balaban J connectivity index is 1.70. The maximum Gasteiger partial charge on any atom is 0.0950 e. The zero-order chi connectivity index (χ0) is 12.4. The number of benzene rings is 1. The Labute approximate surface area is 120 Å². The maximum absolute atomic E-state index is 5.76. The van der Waals surface area contributed by atoms with Crippen LogP contribution in [0.25, 0.3) is 0 Å². The van der Waals surface area contributed by atoms with Crippen molar-refractivity contribution < 1.29 is 9.47 Å². The van der Waals surface area contributed by atoms with E-state index in [1.165, 1.54) is 10.5 Å². The fraction of sp³-hybridized carbons (Fsp3) is 0.538. The van der Waals surface area contributed by atoms with Gasteiger partial charge in [-0.1, -0.05) is 6.07 Å². The minimum absolute atomic E-state index is 0.182. The van der Waals surface area contributed by atoms with E-state index >= 15 is 0 Å². The smallest absolute Gasteiger partial charge is 0.0950 e. The van der Waals surface area contributed by atoms with Crippen molar-refractivity contribution in [1.29, 1.82) is 0 Å². The fourth-order valence-corrected chi connectivity index (χ4v) is 3.74. The lowest BCUT2D eigenvalue weighted by molar-refractivity contribution is 0.0276. The number of morpholine rings is 1. The summed E-state index contributed by atoms with van der Waals surface area (Å²) in [4.78, 5) is 1.29. The lowest BCUT2D eigenvalue weighted by atomic mass is 10.1. The fourth-order valence-electron chi connectivity index (χ4n) is 2.05. The van der Waals surface area contributed by atoms with Crippen molar-refractivity contribution in [2.75, 3.05) is 32.9 Å². The molecule has 18 heavy (non-hydrogen) atoms. The first-order chi connectivity index (χ1) is 8.83.